The minimum atomic E-state index is 0. The van der Waals surface area contributed by atoms with Crippen LogP contribution in [0.15, 0.2) is 24.3 Å². The first-order chi connectivity index (χ1) is 9.75. The zero-order valence-corrected chi connectivity index (χ0v) is 13.5. The van der Waals surface area contributed by atoms with Gasteiger partial charge >= 0.3 is 0 Å². The van der Waals surface area contributed by atoms with E-state index in [1.807, 2.05) is 36.1 Å². The molecule has 1 fully saturated rings. The number of nitrogens with zero attached hydrogens (tertiary/aromatic N) is 1. The third-order valence-corrected chi connectivity index (χ3v) is 3.49. The van der Waals surface area contributed by atoms with Gasteiger partial charge in [0.15, 0.2) is 0 Å². The monoisotopic (exact) mass is 312 g/mol. The summed E-state index contributed by atoms with van der Waals surface area (Å²) in [5.41, 5.74) is 1.19. The number of aryl methyl sites for hydroxylation is 1. The number of ether oxygens (including phenoxy) is 1. The maximum atomic E-state index is 12.1. The highest BCUT2D eigenvalue weighted by molar-refractivity contribution is 5.85. The summed E-state index contributed by atoms with van der Waals surface area (Å²) in [5.74, 6) is 1.14. The molecule has 0 aromatic heterocycles. The van der Waals surface area contributed by atoms with Crippen LogP contribution in [0.3, 0.4) is 0 Å². The van der Waals surface area contributed by atoms with E-state index in [-0.39, 0.29) is 18.3 Å². The highest BCUT2D eigenvalue weighted by Crippen LogP contribution is 2.13. The van der Waals surface area contributed by atoms with Crippen LogP contribution in [0.5, 0.6) is 5.75 Å². The molecule has 1 N–H and O–H groups in total. The number of rotatable bonds is 5. The van der Waals surface area contributed by atoms with Crippen LogP contribution in [-0.2, 0) is 4.79 Å². The molecule has 1 saturated heterocycles. The van der Waals surface area contributed by atoms with Crippen molar-refractivity contribution < 1.29 is 9.53 Å². The summed E-state index contributed by atoms with van der Waals surface area (Å²) in [6, 6.07) is 8.00. The molecule has 1 aliphatic rings. The fourth-order valence-corrected chi connectivity index (χ4v) is 2.37. The van der Waals surface area contributed by atoms with Crippen molar-refractivity contribution in [2.45, 2.75) is 26.2 Å². The Morgan fingerprint density at radius 3 is 3.00 bits per heavy atom. The van der Waals surface area contributed by atoms with Gasteiger partial charge in [-0.3, -0.25) is 4.79 Å². The zero-order chi connectivity index (χ0) is 14.2. The Morgan fingerprint density at radius 1 is 1.33 bits per heavy atom. The number of nitrogens with one attached hydrogen (secondary N) is 1. The van der Waals surface area contributed by atoms with Gasteiger partial charge in [0.2, 0.25) is 5.91 Å². The number of hydrogen-bond donors (Lipinski definition) is 1. The molecule has 5 heteroatoms. The number of amides is 1. The Bertz CT molecular complexity index is 432. The first-order valence-electron chi connectivity index (χ1n) is 7.44. The number of carbonyl (C=O) groups is 1. The van der Waals surface area contributed by atoms with Crippen LogP contribution in [0.25, 0.3) is 0 Å². The largest absolute Gasteiger partial charge is 0.494 e. The lowest BCUT2D eigenvalue weighted by Crippen LogP contribution is -2.34. The summed E-state index contributed by atoms with van der Waals surface area (Å²) in [7, 11) is 0. The van der Waals surface area contributed by atoms with Gasteiger partial charge in [0.1, 0.15) is 5.75 Å². The second-order valence-corrected chi connectivity index (χ2v) is 5.25. The molecule has 118 valence electrons. The average molecular weight is 313 g/mol. The molecular formula is C16H25ClN2O2. The van der Waals surface area contributed by atoms with Crippen molar-refractivity contribution in [3.8, 4) is 5.75 Å². The molecule has 0 unspecified atom stereocenters. The maximum absolute atomic E-state index is 12.1. The molecule has 0 atom stereocenters. The summed E-state index contributed by atoms with van der Waals surface area (Å²) in [4.78, 5) is 14.0. The maximum Gasteiger partial charge on any atom is 0.222 e. The van der Waals surface area contributed by atoms with E-state index in [0.29, 0.717) is 13.0 Å². The molecule has 1 aromatic rings. The first-order valence-corrected chi connectivity index (χ1v) is 7.44. The normalized spacial score (nSPS) is 15.0. The van der Waals surface area contributed by atoms with Crippen molar-refractivity contribution in [1.29, 1.82) is 0 Å². The molecule has 1 amide bonds. The van der Waals surface area contributed by atoms with Crippen LogP contribution < -0.4 is 10.1 Å². The summed E-state index contributed by atoms with van der Waals surface area (Å²) in [6.07, 6.45) is 2.40. The zero-order valence-electron chi connectivity index (χ0n) is 12.6. The number of carbonyl (C=O) groups excluding carboxylic acids is 1. The Morgan fingerprint density at radius 2 is 2.19 bits per heavy atom. The highest BCUT2D eigenvalue weighted by atomic mass is 35.5. The number of halogens is 1. The second-order valence-electron chi connectivity index (χ2n) is 5.25. The lowest BCUT2D eigenvalue weighted by molar-refractivity contribution is -0.131. The first kappa shape index (κ1) is 17.8. The molecule has 0 spiro atoms. The molecule has 4 nitrogen and oxygen atoms in total. The van der Waals surface area contributed by atoms with Crippen LogP contribution in [0.1, 0.15) is 24.8 Å². The lowest BCUT2D eigenvalue weighted by atomic mass is 10.2. The van der Waals surface area contributed by atoms with Gasteiger partial charge in [-0.15, -0.1) is 12.4 Å². The van der Waals surface area contributed by atoms with Crippen molar-refractivity contribution in [3.63, 3.8) is 0 Å². The molecule has 0 saturated carbocycles. The standard InChI is InChI=1S/C16H24N2O2.ClH/c1-14-5-2-6-15(13-14)20-12-3-7-16(19)18-10-4-8-17-9-11-18;/h2,5-6,13,17H,3-4,7-12H2,1H3;1H. The van der Waals surface area contributed by atoms with Gasteiger partial charge in [0.25, 0.3) is 0 Å². The molecule has 1 aromatic carbocycles. The van der Waals surface area contributed by atoms with E-state index in [2.05, 4.69) is 5.32 Å². The predicted octanol–water partition coefficient (Wildman–Crippen LogP) is 2.40. The van der Waals surface area contributed by atoms with Crippen LogP contribution in [0, 0.1) is 6.92 Å². The van der Waals surface area contributed by atoms with Crippen molar-refractivity contribution in [3.05, 3.63) is 29.8 Å². The van der Waals surface area contributed by atoms with E-state index >= 15 is 0 Å². The molecule has 1 heterocycles. The van der Waals surface area contributed by atoms with Gasteiger partial charge in [0, 0.05) is 26.1 Å². The summed E-state index contributed by atoms with van der Waals surface area (Å²) < 4.78 is 5.67. The Hall–Kier alpha value is -1.26. The summed E-state index contributed by atoms with van der Waals surface area (Å²) >= 11 is 0. The van der Waals surface area contributed by atoms with Gasteiger partial charge < -0.3 is 15.0 Å². The van der Waals surface area contributed by atoms with Gasteiger partial charge in [-0.25, -0.2) is 0 Å². The summed E-state index contributed by atoms with van der Waals surface area (Å²) in [6.45, 7) is 6.28. The van der Waals surface area contributed by atoms with Crippen molar-refractivity contribution in [1.82, 2.24) is 10.2 Å². The van der Waals surface area contributed by atoms with Crippen molar-refractivity contribution in [2.24, 2.45) is 0 Å². The van der Waals surface area contributed by atoms with Gasteiger partial charge in [-0.05, 0) is 44.0 Å². The topological polar surface area (TPSA) is 41.6 Å². The Kier molecular flexibility index (Phi) is 8.16. The minimum Gasteiger partial charge on any atom is -0.494 e. The Labute approximate surface area is 133 Å². The molecule has 2 rings (SSSR count). The molecule has 0 radical (unpaired) electrons. The van der Waals surface area contributed by atoms with Crippen LogP contribution in [0.4, 0.5) is 0 Å². The smallest absolute Gasteiger partial charge is 0.222 e. The average Bonchev–Trinajstić information content (AvgIpc) is 2.72. The van der Waals surface area contributed by atoms with Crippen molar-refractivity contribution in [2.75, 3.05) is 32.8 Å². The number of benzene rings is 1. The van der Waals surface area contributed by atoms with E-state index in [0.717, 1.165) is 44.8 Å². The van der Waals surface area contributed by atoms with E-state index < -0.39 is 0 Å². The second kappa shape index (κ2) is 9.64. The minimum absolute atomic E-state index is 0. The third-order valence-electron chi connectivity index (χ3n) is 3.49. The van der Waals surface area contributed by atoms with Gasteiger partial charge in [0.05, 0.1) is 6.61 Å². The van der Waals surface area contributed by atoms with Crippen LogP contribution >= 0.6 is 12.4 Å². The van der Waals surface area contributed by atoms with Gasteiger partial charge in [-0.2, -0.15) is 0 Å². The van der Waals surface area contributed by atoms with Crippen LogP contribution in [-0.4, -0.2) is 43.6 Å². The van der Waals surface area contributed by atoms with E-state index in [9.17, 15) is 4.79 Å². The van der Waals surface area contributed by atoms with Gasteiger partial charge in [-0.1, -0.05) is 12.1 Å². The molecule has 0 bridgehead atoms. The fourth-order valence-electron chi connectivity index (χ4n) is 2.37. The molecule has 21 heavy (non-hydrogen) atoms. The quantitative estimate of drug-likeness (QED) is 0.849. The number of hydrogen-bond acceptors (Lipinski definition) is 3. The Balaban J connectivity index is 0.00000220. The van der Waals surface area contributed by atoms with E-state index in [1.165, 1.54) is 5.56 Å². The van der Waals surface area contributed by atoms with E-state index in [4.69, 9.17) is 4.74 Å². The fraction of sp³-hybridized carbons (Fsp3) is 0.562. The molecule has 0 aliphatic carbocycles. The molecular weight excluding hydrogens is 288 g/mol. The van der Waals surface area contributed by atoms with Crippen molar-refractivity contribution >= 4 is 18.3 Å². The molecule has 1 aliphatic heterocycles. The van der Waals surface area contributed by atoms with Crippen LogP contribution in [0.2, 0.25) is 0 Å². The van der Waals surface area contributed by atoms with E-state index in [1.54, 1.807) is 0 Å². The third kappa shape index (κ3) is 6.36. The summed E-state index contributed by atoms with van der Waals surface area (Å²) in [5, 5.41) is 3.31. The highest BCUT2D eigenvalue weighted by Gasteiger charge is 2.14. The SMILES string of the molecule is Cc1cccc(OCCCC(=O)N2CCCNCC2)c1.Cl. The lowest BCUT2D eigenvalue weighted by Gasteiger charge is -2.19. The predicted molar refractivity (Wildman–Crippen MR) is 87.2 cm³/mol.